The summed E-state index contributed by atoms with van der Waals surface area (Å²) in [7, 11) is 2.82. The van der Waals surface area contributed by atoms with E-state index in [0.29, 0.717) is 11.3 Å². The van der Waals surface area contributed by atoms with E-state index in [-0.39, 0.29) is 0 Å². The molecule has 0 spiro atoms. The van der Waals surface area contributed by atoms with Gasteiger partial charge < -0.3 is 14.6 Å². The van der Waals surface area contributed by atoms with Crippen LogP contribution < -0.4 is 4.74 Å². The Bertz CT molecular complexity index is 467. The van der Waals surface area contributed by atoms with Gasteiger partial charge in [0, 0.05) is 5.56 Å². The Hall–Kier alpha value is -1.55. The lowest BCUT2D eigenvalue weighted by atomic mass is 9.93. The van der Waals surface area contributed by atoms with Crippen molar-refractivity contribution in [2.75, 3.05) is 14.2 Å². The maximum atomic E-state index is 11.6. The van der Waals surface area contributed by atoms with Crippen molar-refractivity contribution >= 4 is 5.97 Å². The van der Waals surface area contributed by atoms with Crippen LogP contribution in [0.2, 0.25) is 0 Å². The van der Waals surface area contributed by atoms with E-state index in [9.17, 15) is 9.90 Å². The molecule has 1 atom stereocenters. The van der Waals surface area contributed by atoms with Gasteiger partial charge in [-0.25, -0.2) is 4.79 Å². The van der Waals surface area contributed by atoms with E-state index in [1.807, 2.05) is 12.1 Å². The van der Waals surface area contributed by atoms with Crippen LogP contribution in [0, 0.1) is 0 Å². The number of fused-ring (bicyclic) bond motifs is 1. The summed E-state index contributed by atoms with van der Waals surface area (Å²) in [6.07, 6.45) is 3.97. The van der Waals surface area contributed by atoms with Crippen molar-refractivity contribution in [3.63, 3.8) is 0 Å². The van der Waals surface area contributed by atoms with Gasteiger partial charge in [-0.2, -0.15) is 0 Å². The molecule has 4 nitrogen and oxygen atoms in total. The van der Waals surface area contributed by atoms with Crippen LogP contribution in [0.3, 0.4) is 0 Å². The second-order valence-corrected chi connectivity index (χ2v) is 4.81. The third-order valence-electron chi connectivity index (χ3n) is 3.70. The summed E-state index contributed by atoms with van der Waals surface area (Å²) in [5, 5.41) is 10.2. The minimum absolute atomic E-state index is 0.554. The molecule has 0 heterocycles. The molecule has 1 aliphatic rings. The summed E-state index contributed by atoms with van der Waals surface area (Å²) in [4.78, 5) is 11.6. The number of carbonyl (C=O) groups excluding carboxylic acids is 1. The first-order valence-corrected chi connectivity index (χ1v) is 6.63. The number of aliphatic hydroxyl groups excluding tert-OH is 1. The second kappa shape index (κ2) is 6.06. The summed E-state index contributed by atoms with van der Waals surface area (Å²) in [6.45, 7) is 0. The van der Waals surface area contributed by atoms with E-state index >= 15 is 0 Å². The lowest BCUT2D eigenvalue weighted by molar-refractivity contribution is -0.150. The highest BCUT2D eigenvalue weighted by Crippen LogP contribution is 2.35. The van der Waals surface area contributed by atoms with Crippen LogP contribution >= 0.6 is 0 Å². The molecule has 0 fully saturated rings. The van der Waals surface area contributed by atoms with Gasteiger partial charge >= 0.3 is 5.97 Å². The number of aliphatic hydroxyl groups is 1. The molecule has 1 N–H and O–H groups in total. The number of esters is 1. The lowest BCUT2D eigenvalue weighted by Gasteiger charge is -2.19. The minimum Gasteiger partial charge on any atom is -0.496 e. The average Bonchev–Trinajstić information content (AvgIpc) is 2.69. The van der Waals surface area contributed by atoms with Crippen LogP contribution in [0.1, 0.15) is 42.1 Å². The van der Waals surface area contributed by atoms with E-state index in [4.69, 9.17) is 4.74 Å². The normalized spacial score (nSPS) is 16.2. The van der Waals surface area contributed by atoms with Crippen molar-refractivity contribution < 1.29 is 19.4 Å². The molecule has 1 unspecified atom stereocenters. The van der Waals surface area contributed by atoms with Crippen molar-refractivity contribution in [3.05, 3.63) is 28.8 Å². The van der Waals surface area contributed by atoms with Gasteiger partial charge in [-0.05, 0) is 42.9 Å². The van der Waals surface area contributed by atoms with Crippen molar-refractivity contribution in [1.82, 2.24) is 0 Å². The molecule has 1 aromatic carbocycles. The molecular weight excluding hydrogens is 244 g/mol. The van der Waals surface area contributed by atoms with Crippen LogP contribution in [-0.2, 0) is 22.4 Å². The molecule has 0 saturated heterocycles. The second-order valence-electron chi connectivity index (χ2n) is 4.81. The third kappa shape index (κ3) is 2.73. The standard InChI is InChI=1S/C15H20O4/c1-18-12-9-8-10-6-4-3-5-7-11(10)13(12)14(16)15(17)19-2/h8-9,14,16H,3-7H2,1-2H3. The Morgan fingerprint density at radius 3 is 2.63 bits per heavy atom. The Labute approximate surface area is 113 Å². The molecule has 0 saturated carbocycles. The van der Waals surface area contributed by atoms with Gasteiger partial charge in [-0.1, -0.05) is 12.5 Å². The summed E-state index contributed by atoms with van der Waals surface area (Å²) < 4.78 is 9.94. The van der Waals surface area contributed by atoms with Crippen molar-refractivity contribution in [1.29, 1.82) is 0 Å². The molecule has 0 radical (unpaired) electrons. The first-order valence-electron chi connectivity index (χ1n) is 6.63. The predicted molar refractivity (Wildman–Crippen MR) is 71.2 cm³/mol. The Morgan fingerprint density at radius 1 is 1.21 bits per heavy atom. The highest BCUT2D eigenvalue weighted by molar-refractivity contribution is 5.78. The predicted octanol–water partition coefficient (Wildman–Crippen LogP) is 2.17. The van der Waals surface area contributed by atoms with Crippen LogP contribution in [-0.4, -0.2) is 25.3 Å². The van der Waals surface area contributed by atoms with Crippen LogP contribution in [0.5, 0.6) is 5.75 Å². The van der Waals surface area contributed by atoms with E-state index in [2.05, 4.69) is 4.74 Å². The SMILES string of the molecule is COC(=O)C(O)c1c(OC)ccc2c1CCCCC2. The Kier molecular flexibility index (Phi) is 4.43. The molecule has 2 rings (SSSR count). The molecule has 1 aromatic rings. The fourth-order valence-corrected chi connectivity index (χ4v) is 2.72. The third-order valence-corrected chi connectivity index (χ3v) is 3.70. The smallest absolute Gasteiger partial charge is 0.339 e. The first kappa shape index (κ1) is 13.9. The van der Waals surface area contributed by atoms with E-state index in [1.54, 1.807) is 7.11 Å². The minimum atomic E-state index is -1.27. The summed E-state index contributed by atoms with van der Waals surface area (Å²) in [5.41, 5.74) is 2.83. The van der Waals surface area contributed by atoms with Crippen LogP contribution in [0.15, 0.2) is 12.1 Å². The molecule has 0 amide bonds. The van der Waals surface area contributed by atoms with Crippen molar-refractivity contribution in [3.8, 4) is 5.75 Å². The molecule has 1 aliphatic carbocycles. The average molecular weight is 264 g/mol. The largest absolute Gasteiger partial charge is 0.496 e. The Morgan fingerprint density at radius 2 is 1.95 bits per heavy atom. The zero-order chi connectivity index (χ0) is 13.8. The molecule has 0 aromatic heterocycles. The van der Waals surface area contributed by atoms with Crippen molar-refractivity contribution in [2.45, 2.75) is 38.2 Å². The zero-order valence-electron chi connectivity index (χ0n) is 11.4. The number of hydrogen-bond acceptors (Lipinski definition) is 4. The van der Waals surface area contributed by atoms with Gasteiger partial charge in [-0.15, -0.1) is 0 Å². The van der Waals surface area contributed by atoms with Crippen LogP contribution in [0.4, 0.5) is 0 Å². The summed E-state index contributed by atoms with van der Waals surface area (Å²) in [6, 6.07) is 3.86. The van der Waals surface area contributed by atoms with Gasteiger partial charge in [0.15, 0.2) is 6.10 Å². The number of hydrogen-bond donors (Lipinski definition) is 1. The highest BCUT2D eigenvalue weighted by atomic mass is 16.5. The highest BCUT2D eigenvalue weighted by Gasteiger charge is 2.27. The quantitative estimate of drug-likeness (QED) is 0.671. The number of carbonyl (C=O) groups is 1. The van der Waals surface area contributed by atoms with Gasteiger partial charge in [0.05, 0.1) is 14.2 Å². The summed E-state index contributed by atoms with van der Waals surface area (Å²) in [5.74, 6) is -0.0884. The molecule has 19 heavy (non-hydrogen) atoms. The van der Waals surface area contributed by atoms with E-state index in [0.717, 1.165) is 31.2 Å². The van der Waals surface area contributed by atoms with Gasteiger partial charge in [0.2, 0.25) is 0 Å². The van der Waals surface area contributed by atoms with E-state index in [1.165, 1.54) is 19.1 Å². The van der Waals surface area contributed by atoms with Crippen molar-refractivity contribution in [2.24, 2.45) is 0 Å². The van der Waals surface area contributed by atoms with E-state index < -0.39 is 12.1 Å². The maximum absolute atomic E-state index is 11.6. The van der Waals surface area contributed by atoms with Crippen LogP contribution in [0.25, 0.3) is 0 Å². The molecule has 0 bridgehead atoms. The van der Waals surface area contributed by atoms with Gasteiger partial charge in [0.1, 0.15) is 5.75 Å². The monoisotopic (exact) mass is 264 g/mol. The van der Waals surface area contributed by atoms with Gasteiger partial charge in [-0.3, -0.25) is 0 Å². The maximum Gasteiger partial charge on any atom is 0.339 e. The molecule has 0 aliphatic heterocycles. The number of ether oxygens (including phenoxy) is 2. The molecule has 4 heteroatoms. The van der Waals surface area contributed by atoms with Gasteiger partial charge in [0.25, 0.3) is 0 Å². The fraction of sp³-hybridized carbons (Fsp3) is 0.533. The molecule has 104 valence electrons. The number of aryl methyl sites for hydroxylation is 1. The first-order chi connectivity index (χ1) is 9.19. The Balaban J connectivity index is 2.51. The zero-order valence-corrected chi connectivity index (χ0v) is 11.4. The fourth-order valence-electron chi connectivity index (χ4n) is 2.72. The lowest BCUT2D eigenvalue weighted by Crippen LogP contribution is -2.17. The topological polar surface area (TPSA) is 55.8 Å². The number of benzene rings is 1. The number of methoxy groups -OCH3 is 2. The number of rotatable bonds is 3. The summed E-state index contributed by atoms with van der Waals surface area (Å²) >= 11 is 0. The molecular formula is C15H20O4.